The second-order valence-corrected chi connectivity index (χ2v) is 8.15. The van der Waals surface area contributed by atoms with Crippen molar-refractivity contribution in [1.82, 2.24) is 10.3 Å². The third-order valence-corrected chi connectivity index (χ3v) is 5.81. The molecule has 10 heteroatoms. The molecule has 3 aromatic rings. The van der Waals surface area contributed by atoms with Gasteiger partial charge in [-0.25, -0.2) is 4.79 Å². The second kappa shape index (κ2) is 10.9. The van der Waals surface area contributed by atoms with Gasteiger partial charge in [-0.1, -0.05) is 18.2 Å². The Hall–Kier alpha value is -4.47. The van der Waals surface area contributed by atoms with Gasteiger partial charge in [0.25, 0.3) is 5.56 Å². The van der Waals surface area contributed by atoms with E-state index >= 15 is 0 Å². The standard InChI is InChI=1S/C26H26N2O8/c1-2-34-26(33)19-13-28-25(32)23(24(19)31)18(16-5-8-20-21(11-16)36-14-35-20)12-22(30)27-10-9-15-3-6-17(29)7-4-15/h3-8,11,13,18,29H,2,9-10,12,14H2,1H3,(H,27,30)(H2,28,31,32)/t18-/m0/s1. The number of aromatic amines is 1. The van der Waals surface area contributed by atoms with Crippen LogP contribution in [-0.2, 0) is 16.0 Å². The van der Waals surface area contributed by atoms with Crippen LogP contribution in [-0.4, -0.2) is 47.0 Å². The van der Waals surface area contributed by atoms with E-state index in [1.807, 2.05) is 0 Å². The number of esters is 1. The van der Waals surface area contributed by atoms with Crippen molar-refractivity contribution >= 4 is 11.9 Å². The van der Waals surface area contributed by atoms with Crippen molar-refractivity contribution in [1.29, 1.82) is 0 Å². The molecule has 1 aliphatic heterocycles. The summed E-state index contributed by atoms with van der Waals surface area (Å²) in [7, 11) is 0. The summed E-state index contributed by atoms with van der Waals surface area (Å²) in [5, 5.41) is 23.2. The van der Waals surface area contributed by atoms with Gasteiger partial charge in [-0.2, -0.15) is 0 Å². The maximum absolute atomic E-state index is 12.9. The van der Waals surface area contributed by atoms with E-state index in [1.165, 1.54) is 0 Å². The number of benzene rings is 2. The van der Waals surface area contributed by atoms with E-state index in [9.17, 15) is 24.6 Å². The lowest BCUT2D eigenvalue weighted by atomic mass is 9.87. The molecule has 2 aromatic carbocycles. The molecule has 0 saturated heterocycles. The van der Waals surface area contributed by atoms with Gasteiger partial charge in [0.2, 0.25) is 12.7 Å². The quantitative estimate of drug-likeness (QED) is 0.332. The normalized spacial score (nSPS) is 12.7. The Morgan fingerprint density at radius 2 is 1.86 bits per heavy atom. The summed E-state index contributed by atoms with van der Waals surface area (Å²) in [4.78, 5) is 40.6. The van der Waals surface area contributed by atoms with Gasteiger partial charge in [0.1, 0.15) is 17.1 Å². The smallest absolute Gasteiger partial charge is 0.343 e. The van der Waals surface area contributed by atoms with Crippen molar-refractivity contribution in [3.05, 3.63) is 81.3 Å². The molecule has 1 atom stereocenters. The van der Waals surface area contributed by atoms with Gasteiger partial charge in [-0.3, -0.25) is 9.59 Å². The monoisotopic (exact) mass is 494 g/mol. The number of hydrogen-bond donors (Lipinski definition) is 4. The van der Waals surface area contributed by atoms with Crippen LogP contribution in [0.25, 0.3) is 0 Å². The molecule has 0 unspecified atom stereocenters. The molecule has 10 nitrogen and oxygen atoms in total. The molecule has 0 aliphatic carbocycles. The van der Waals surface area contributed by atoms with Crippen LogP contribution in [0.3, 0.4) is 0 Å². The topological polar surface area (TPSA) is 147 Å². The van der Waals surface area contributed by atoms with Crippen LogP contribution in [0.1, 0.15) is 46.3 Å². The molecule has 1 aliphatic rings. The third kappa shape index (κ3) is 5.43. The lowest BCUT2D eigenvalue weighted by Gasteiger charge is -2.19. The number of pyridine rings is 1. The molecule has 0 radical (unpaired) electrons. The Labute approximate surface area is 206 Å². The minimum atomic E-state index is -0.897. The summed E-state index contributed by atoms with van der Waals surface area (Å²) in [6.45, 7) is 2.08. The summed E-state index contributed by atoms with van der Waals surface area (Å²) in [5.41, 5.74) is 0.476. The van der Waals surface area contributed by atoms with Gasteiger partial charge in [-0.15, -0.1) is 0 Å². The Bertz CT molecular complexity index is 1320. The van der Waals surface area contributed by atoms with Gasteiger partial charge >= 0.3 is 5.97 Å². The minimum absolute atomic E-state index is 0.0470. The van der Waals surface area contributed by atoms with Crippen LogP contribution < -0.4 is 20.3 Å². The summed E-state index contributed by atoms with van der Waals surface area (Å²) in [6, 6.07) is 11.6. The van der Waals surface area contributed by atoms with Crippen molar-refractivity contribution in [2.45, 2.75) is 25.7 Å². The number of fused-ring (bicyclic) bond motifs is 1. The Balaban J connectivity index is 1.62. The van der Waals surface area contributed by atoms with Crippen LogP contribution >= 0.6 is 0 Å². The zero-order chi connectivity index (χ0) is 25.7. The summed E-state index contributed by atoms with van der Waals surface area (Å²) >= 11 is 0. The molecule has 2 heterocycles. The highest BCUT2D eigenvalue weighted by atomic mass is 16.7. The number of rotatable bonds is 9. The van der Waals surface area contributed by atoms with E-state index in [4.69, 9.17) is 14.2 Å². The number of ether oxygens (including phenoxy) is 3. The van der Waals surface area contributed by atoms with Gasteiger partial charge in [0.05, 0.1) is 12.2 Å². The van der Waals surface area contributed by atoms with Crippen molar-refractivity contribution in [3.8, 4) is 23.0 Å². The predicted octanol–water partition coefficient (Wildman–Crippen LogP) is 2.57. The zero-order valence-electron chi connectivity index (χ0n) is 19.6. The summed E-state index contributed by atoms with van der Waals surface area (Å²) < 4.78 is 15.8. The number of aromatic nitrogens is 1. The first-order valence-electron chi connectivity index (χ1n) is 11.4. The van der Waals surface area contributed by atoms with E-state index in [1.54, 1.807) is 49.4 Å². The number of phenolic OH excluding ortho intramolecular Hbond substituents is 1. The van der Waals surface area contributed by atoms with Gasteiger partial charge < -0.3 is 34.7 Å². The summed E-state index contributed by atoms with van der Waals surface area (Å²) in [5.74, 6) is -1.48. The van der Waals surface area contributed by atoms with E-state index in [2.05, 4.69) is 10.3 Å². The van der Waals surface area contributed by atoms with E-state index in [0.717, 1.165) is 11.8 Å². The molecule has 1 amide bonds. The predicted molar refractivity (Wildman–Crippen MR) is 129 cm³/mol. The molecule has 0 fully saturated rings. The first-order chi connectivity index (χ1) is 17.4. The third-order valence-electron chi connectivity index (χ3n) is 5.81. The molecule has 0 saturated carbocycles. The van der Waals surface area contributed by atoms with Crippen LogP contribution in [0.5, 0.6) is 23.0 Å². The van der Waals surface area contributed by atoms with Crippen LogP contribution in [0.2, 0.25) is 0 Å². The number of carbonyl (C=O) groups is 2. The van der Waals surface area contributed by atoms with Crippen LogP contribution in [0.15, 0.2) is 53.5 Å². The lowest BCUT2D eigenvalue weighted by molar-refractivity contribution is -0.121. The molecule has 1 aromatic heterocycles. The van der Waals surface area contributed by atoms with Gasteiger partial charge in [-0.05, 0) is 48.7 Å². The number of H-pyrrole nitrogens is 1. The van der Waals surface area contributed by atoms with E-state index < -0.39 is 23.2 Å². The van der Waals surface area contributed by atoms with Gasteiger partial charge in [0.15, 0.2) is 11.5 Å². The average molecular weight is 495 g/mol. The van der Waals surface area contributed by atoms with E-state index in [0.29, 0.717) is 30.0 Å². The Morgan fingerprint density at radius 1 is 1.11 bits per heavy atom. The van der Waals surface area contributed by atoms with Crippen LogP contribution in [0.4, 0.5) is 0 Å². The number of phenols is 1. The number of hydrogen-bond acceptors (Lipinski definition) is 8. The first-order valence-corrected chi connectivity index (χ1v) is 11.4. The largest absolute Gasteiger partial charge is 0.508 e. The van der Waals surface area contributed by atoms with Crippen molar-refractivity contribution in [3.63, 3.8) is 0 Å². The second-order valence-electron chi connectivity index (χ2n) is 8.15. The molecular formula is C26H26N2O8. The minimum Gasteiger partial charge on any atom is -0.508 e. The Kier molecular flexibility index (Phi) is 7.43. The molecule has 0 bridgehead atoms. The van der Waals surface area contributed by atoms with Crippen molar-refractivity contribution < 1.29 is 34.0 Å². The molecule has 4 rings (SSSR count). The SMILES string of the molecule is CCOC(=O)c1c[nH]c(=O)c([C@@H](CC(=O)NCCc2ccc(O)cc2)c2ccc3c(c2)OCO3)c1O. The number of amides is 1. The Morgan fingerprint density at radius 3 is 2.61 bits per heavy atom. The number of carbonyl (C=O) groups excluding carboxylic acids is 2. The molecule has 188 valence electrons. The number of aromatic hydroxyl groups is 2. The highest BCUT2D eigenvalue weighted by Crippen LogP contribution is 2.39. The fourth-order valence-electron chi connectivity index (χ4n) is 4.01. The maximum Gasteiger partial charge on any atom is 0.343 e. The van der Waals surface area contributed by atoms with Crippen molar-refractivity contribution in [2.75, 3.05) is 19.9 Å². The number of nitrogens with one attached hydrogen (secondary N) is 2. The first kappa shape index (κ1) is 24.6. The fourth-order valence-corrected chi connectivity index (χ4v) is 4.01. The molecular weight excluding hydrogens is 468 g/mol. The fraction of sp³-hybridized carbons (Fsp3) is 0.269. The van der Waals surface area contributed by atoms with Gasteiger partial charge in [0, 0.05) is 25.1 Å². The molecule has 0 spiro atoms. The maximum atomic E-state index is 12.9. The summed E-state index contributed by atoms with van der Waals surface area (Å²) in [6.07, 6.45) is 1.44. The average Bonchev–Trinajstić information content (AvgIpc) is 3.33. The van der Waals surface area contributed by atoms with Crippen LogP contribution in [0, 0.1) is 0 Å². The van der Waals surface area contributed by atoms with Crippen molar-refractivity contribution in [2.24, 2.45) is 0 Å². The molecule has 36 heavy (non-hydrogen) atoms. The van der Waals surface area contributed by atoms with E-state index in [-0.39, 0.29) is 42.6 Å². The zero-order valence-corrected chi connectivity index (χ0v) is 19.6. The highest BCUT2D eigenvalue weighted by Gasteiger charge is 2.29. The highest BCUT2D eigenvalue weighted by molar-refractivity contribution is 5.92. The molecule has 4 N–H and O–H groups in total. The lowest BCUT2D eigenvalue weighted by Crippen LogP contribution is -2.29.